The van der Waals surface area contributed by atoms with Crippen LogP contribution in [0.5, 0.6) is 0 Å². The van der Waals surface area contributed by atoms with Crippen molar-refractivity contribution in [2.75, 3.05) is 0 Å². The summed E-state index contributed by atoms with van der Waals surface area (Å²) in [7, 11) is 0. The number of nitrogens with two attached hydrogens (primary N) is 1. The molecule has 2 N–H and O–H groups in total. The SMILES string of the molecule is CC(C)[C@H](N)C(=O)N(C1CC1)[C@H](C)c1cccc(Cl)c1. The molecule has 0 heterocycles. The van der Waals surface area contributed by atoms with Gasteiger partial charge in [-0.3, -0.25) is 4.79 Å². The highest BCUT2D eigenvalue weighted by atomic mass is 35.5. The second-order valence-corrected chi connectivity index (χ2v) is 6.41. The van der Waals surface area contributed by atoms with E-state index < -0.39 is 6.04 Å². The number of nitrogens with zero attached hydrogens (tertiary/aromatic N) is 1. The highest BCUT2D eigenvalue weighted by Crippen LogP contribution is 2.35. The summed E-state index contributed by atoms with van der Waals surface area (Å²) >= 11 is 6.05. The van der Waals surface area contributed by atoms with E-state index in [0.29, 0.717) is 11.1 Å². The van der Waals surface area contributed by atoms with Crippen molar-refractivity contribution in [3.63, 3.8) is 0 Å². The Hall–Kier alpha value is -1.06. The summed E-state index contributed by atoms with van der Waals surface area (Å²) in [6.07, 6.45) is 2.14. The third kappa shape index (κ3) is 3.33. The van der Waals surface area contributed by atoms with Crippen LogP contribution in [0.25, 0.3) is 0 Å². The Kier molecular flexibility index (Phi) is 4.71. The molecule has 0 aliphatic heterocycles. The van der Waals surface area contributed by atoms with E-state index in [-0.39, 0.29) is 17.9 Å². The van der Waals surface area contributed by atoms with Crippen molar-refractivity contribution >= 4 is 17.5 Å². The van der Waals surface area contributed by atoms with Crippen LogP contribution in [0.1, 0.15) is 45.2 Å². The van der Waals surface area contributed by atoms with Crippen LogP contribution in [0.3, 0.4) is 0 Å². The van der Waals surface area contributed by atoms with E-state index in [9.17, 15) is 4.79 Å². The molecule has 0 aromatic heterocycles. The second-order valence-electron chi connectivity index (χ2n) is 5.98. The van der Waals surface area contributed by atoms with Gasteiger partial charge in [0.25, 0.3) is 0 Å². The topological polar surface area (TPSA) is 46.3 Å². The van der Waals surface area contributed by atoms with E-state index in [1.165, 1.54) is 0 Å². The third-order valence-corrected chi connectivity index (χ3v) is 4.18. The number of amides is 1. The molecule has 0 bridgehead atoms. The van der Waals surface area contributed by atoms with E-state index >= 15 is 0 Å². The van der Waals surface area contributed by atoms with Crippen LogP contribution in [0.4, 0.5) is 0 Å². The molecule has 4 heteroatoms. The number of rotatable bonds is 5. The smallest absolute Gasteiger partial charge is 0.240 e. The highest BCUT2D eigenvalue weighted by molar-refractivity contribution is 6.30. The molecule has 1 amide bonds. The molecule has 3 nitrogen and oxygen atoms in total. The molecule has 1 fully saturated rings. The zero-order valence-electron chi connectivity index (χ0n) is 12.3. The molecular formula is C16H23ClN2O. The predicted molar refractivity (Wildman–Crippen MR) is 82.5 cm³/mol. The Balaban J connectivity index is 2.22. The van der Waals surface area contributed by atoms with Gasteiger partial charge in [-0.1, -0.05) is 37.6 Å². The minimum atomic E-state index is -0.433. The van der Waals surface area contributed by atoms with Crippen LogP contribution >= 0.6 is 11.6 Å². The fraction of sp³-hybridized carbons (Fsp3) is 0.562. The normalized spacial score (nSPS) is 17.9. The predicted octanol–water partition coefficient (Wildman–Crippen LogP) is 3.38. The summed E-state index contributed by atoms with van der Waals surface area (Å²) in [5.74, 6) is 0.199. The molecular weight excluding hydrogens is 272 g/mol. The summed E-state index contributed by atoms with van der Waals surface area (Å²) in [6.45, 7) is 6.02. The summed E-state index contributed by atoms with van der Waals surface area (Å²) in [6, 6.07) is 7.63. The lowest BCUT2D eigenvalue weighted by molar-refractivity contribution is -0.136. The minimum absolute atomic E-state index is 0.0125. The van der Waals surface area contributed by atoms with Gasteiger partial charge in [-0.05, 0) is 43.4 Å². The van der Waals surface area contributed by atoms with E-state index in [4.69, 9.17) is 17.3 Å². The average Bonchev–Trinajstić information content (AvgIpc) is 3.22. The summed E-state index contributed by atoms with van der Waals surface area (Å²) in [4.78, 5) is 14.6. The monoisotopic (exact) mass is 294 g/mol. The summed E-state index contributed by atoms with van der Waals surface area (Å²) < 4.78 is 0. The van der Waals surface area contributed by atoms with Gasteiger partial charge in [0.05, 0.1) is 12.1 Å². The van der Waals surface area contributed by atoms with Gasteiger partial charge in [0, 0.05) is 11.1 Å². The van der Waals surface area contributed by atoms with Crippen LogP contribution in [0.15, 0.2) is 24.3 Å². The van der Waals surface area contributed by atoms with Crippen molar-refractivity contribution in [3.8, 4) is 0 Å². The molecule has 0 spiro atoms. The Morgan fingerprint density at radius 3 is 2.50 bits per heavy atom. The molecule has 1 saturated carbocycles. The van der Waals surface area contributed by atoms with Crippen molar-refractivity contribution in [1.29, 1.82) is 0 Å². The Labute approximate surface area is 126 Å². The maximum absolute atomic E-state index is 12.6. The zero-order chi connectivity index (χ0) is 14.9. The first-order chi connectivity index (χ1) is 9.41. The van der Waals surface area contributed by atoms with Gasteiger partial charge in [0.2, 0.25) is 5.91 Å². The van der Waals surface area contributed by atoms with Gasteiger partial charge in [-0.15, -0.1) is 0 Å². The maximum Gasteiger partial charge on any atom is 0.240 e. The minimum Gasteiger partial charge on any atom is -0.332 e. The van der Waals surface area contributed by atoms with Gasteiger partial charge in [0.15, 0.2) is 0 Å². The van der Waals surface area contributed by atoms with Gasteiger partial charge >= 0.3 is 0 Å². The molecule has 110 valence electrons. The van der Waals surface area contributed by atoms with E-state index in [2.05, 4.69) is 6.92 Å². The number of hydrogen-bond acceptors (Lipinski definition) is 2. The number of benzene rings is 1. The van der Waals surface area contributed by atoms with Crippen LogP contribution in [0.2, 0.25) is 5.02 Å². The van der Waals surface area contributed by atoms with Crippen molar-refractivity contribution in [2.24, 2.45) is 11.7 Å². The molecule has 1 aliphatic carbocycles. The third-order valence-electron chi connectivity index (χ3n) is 3.95. The maximum atomic E-state index is 12.6. The average molecular weight is 295 g/mol. The Morgan fingerprint density at radius 2 is 2.00 bits per heavy atom. The van der Waals surface area contributed by atoms with Crippen molar-refractivity contribution in [3.05, 3.63) is 34.9 Å². The van der Waals surface area contributed by atoms with Crippen molar-refractivity contribution in [2.45, 2.75) is 51.7 Å². The van der Waals surface area contributed by atoms with E-state index in [1.54, 1.807) is 0 Å². The Morgan fingerprint density at radius 1 is 1.35 bits per heavy atom. The van der Waals surface area contributed by atoms with Crippen LogP contribution in [0, 0.1) is 5.92 Å². The van der Waals surface area contributed by atoms with Gasteiger partial charge in [-0.25, -0.2) is 0 Å². The molecule has 2 rings (SSSR count). The molecule has 0 saturated heterocycles. The number of carbonyl (C=O) groups is 1. The van der Waals surface area contributed by atoms with Crippen LogP contribution in [-0.4, -0.2) is 22.9 Å². The first-order valence-corrected chi connectivity index (χ1v) is 7.63. The standard InChI is InChI=1S/C16H23ClN2O/c1-10(2)15(18)16(20)19(14-7-8-14)11(3)12-5-4-6-13(17)9-12/h4-6,9-11,14-15H,7-8,18H2,1-3H3/t11-,15+/m1/s1. The molecule has 20 heavy (non-hydrogen) atoms. The van der Waals surface area contributed by atoms with E-state index in [1.807, 2.05) is 43.0 Å². The highest BCUT2D eigenvalue weighted by Gasteiger charge is 2.38. The quantitative estimate of drug-likeness (QED) is 0.905. The van der Waals surface area contributed by atoms with Crippen LogP contribution < -0.4 is 5.73 Å². The fourth-order valence-corrected chi connectivity index (χ4v) is 2.62. The van der Waals surface area contributed by atoms with Crippen LogP contribution in [-0.2, 0) is 4.79 Å². The first-order valence-electron chi connectivity index (χ1n) is 7.25. The Bertz CT molecular complexity index is 485. The summed E-state index contributed by atoms with van der Waals surface area (Å²) in [5, 5.41) is 0.700. The van der Waals surface area contributed by atoms with Gasteiger partial charge in [0.1, 0.15) is 0 Å². The van der Waals surface area contributed by atoms with E-state index in [0.717, 1.165) is 18.4 Å². The lowest BCUT2D eigenvalue weighted by atomic mass is 10.0. The van der Waals surface area contributed by atoms with Crippen molar-refractivity contribution < 1.29 is 4.79 Å². The number of halogens is 1. The number of hydrogen-bond donors (Lipinski definition) is 1. The van der Waals surface area contributed by atoms with Gasteiger partial charge < -0.3 is 10.6 Å². The molecule has 0 unspecified atom stereocenters. The van der Waals surface area contributed by atoms with Crippen molar-refractivity contribution in [1.82, 2.24) is 4.90 Å². The largest absolute Gasteiger partial charge is 0.332 e. The van der Waals surface area contributed by atoms with Gasteiger partial charge in [-0.2, -0.15) is 0 Å². The fourth-order valence-electron chi connectivity index (χ4n) is 2.42. The molecule has 1 aromatic carbocycles. The molecule has 0 radical (unpaired) electrons. The number of carbonyl (C=O) groups excluding carboxylic acids is 1. The summed E-state index contributed by atoms with van der Waals surface area (Å²) in [5.41, 5.74) is 7.12. The zero-order valence-corrected chi connectivity index (χ0v) is 13.1. The second kappa shape index (κ2) is 6.15. The lowest BCUT2D eigenvalue weighted by Crippen LogP contribution is -2.48. The molecule has 2 atom stereocenters. The molecule has 1 aromatic rings. The molecule has 1 aliphatic rings. The first kappa shape index (κ1) is 15.3. The lowest BCUT2D eigenvalue weighted by Gasteiger charge is -2.33.